The average Bonchev–Trinajstić information content (AvgIpc) is 2.88. The Labute approximate surface area is 200 Å². The molecule has 0 atom stereocenters. The topological polar surface area (TPSA) is 97.0 Å². The van der Waals surface area contributed by atoms with E-state index >= 15 is 0 Å². The summed E-state index contributed by atoms with van der Waals surface area (Å²) in [4.78, 5) is 26.4. The number of phenols is 2. The lowest BCUT2D eigenvalue weighted by molar-refractivity contribution is 0.103. The summed E-state index contributed by atoms with van der Waals surface area (Å²) in [6.45, 7) is 0.0889. The van der Waals surface area contributed by atoms with Crippen molar-refractivity contribution in [3.05, 3.63) is 124 Å². The minimum Gasteiger partial charge on any atom is -0.508 e. The Morgan fingerprint density at radius 3 is 2.23 bits per heavy atom. The van der Waals surface area contributed by atoms with Gasteiger partial charge < -0.3 is 19.4 Å². The second-order valence-electron chi connectivity index (χ2n) is 7.98. The van der Waals surface area contributed by atoms with E-state index in [0.29, 0.717) is 16.7 Å². The van der Waals surface area contributed by atoms with Gasteiger partial charge in [0.25, 0.3) is 0 Å². The average molecular weight is 464 g/mol. The van der Waals surface area contributed by atoms with Crippen LogP contribution in [0.1, 0.15) is 21.5 Å². The fourth-order valence-corrected chi connectivity index (χ4v) is 3.88. The lowest BCUT2D eigenvalue weighted by atomic mass is 10.00. The van der Waals surface area contributed by atoms with Crippen LogP contribution in [-0.4, -0.2) is 16.0 Å². The quantitative estimate of drug-likeness (QED) is 0.314. The zero-order valence-electron chi connectivity index (χ0n) is 18.5. The van der Waals surface area contributed by atoms with Crippen LogP contribution in [0.4, 0.5) is 0 Å². The zero-order valence-corrected chi connectivity index (χ0v) is 18.5. The predicted octanol–water partition coefficient (Wildman–Crippen LogP) is 5.68. The van der Waals surface area contributed by atoms with Gasteiger partial charge in [-0.2, -0.15) is 0 Å². The summed E-state index contributed by atoms with van der Waals surface area (Å²) in [5.41, 5.74) is 1.62. The van der Waals surface area contributed by atoms with Crippen LogP contribution >= 0.6 is 0 Å². The molecule has 5 rings (SSSR count). The van der Waals surface area contributed by atoms with Gasteiger partial charge in [0.15, 0.2) is 11.5 Å². The first kappa shape index (κ1) is 22.0. The molecule has 0 aliphatic heterocycles. The zero-order chi connectivity index (χ0) is 24.4. The maximum absolute atomic E-state index is 13.4. The van der Waals surface area contributed by atoms with Gasteiger partial charge in [0, 0.05) is 28.8 Å². The minimum atomic E-state index is -0.588. The van der Waals surface area contributed by atoms with Gasteiger partial charge in [0.2, 0.25) is 11.2 Å². The molecule has 1 aromatic heterocycles. The highest BCUT2D eigenvalue weighted by Crippen LogP contribution is 2.36. The minimum absolute atomic E-state index is 0.00523. The van der Waals surface area contributed by atoms with Gasteiger partial charge in [-0.05, 0) is 11.6 Å². The predicted molar refractivity (Wildman–Crippen MR) is 132 cm³/mol. The van der Waals surface area contributed by atoms with Crippen molar-refractivity contribution in [2.75, 3.05) is 0 Å². The molecule has 35 heavy (non-hydrogen) atoms. The molecule has 6 heteroatoms. The molecule has 0 unspecified atom stereocenters. The number of rotatable bonds is 6. The Morgan fingerprint density at radius 2 is 1.49 bits per heavy atom. The molecule has 5 aromatic rings. The SMILES string of the molecule is O=C(c1ccccc1)c1cccc(-c2oc3cc(O)cc(O)c3c(=O)c2OCc2ccccc2)c1. The van der Waals surface area contributed by atoms with Crippen molar-refractivity contribution in [2.24, 2.45) is 0 Å². The third-order valence-electron chi connectivity index (χ3n) is 5.57. The molecule has 4 aromatic carbocycles. The van der Waals surface area contributed by atoms with Crippen LogP contribution in [0.3, 0.4) is 0 Å². The van der Waals surface area contributed by atoms with Crippen molar-refractivity contribution in [1.82, 2.24) is 0 Å². The molecule has 0 spiro atoms. The molecule has 6 nitrogen and oxygen atoms in total. The molecule has 0 aliphatic rings. The Balaban J connectivity index is 1.66. The van der Waals surface area contributed by atoms with Crippen molar-refractivity contribution in [3.63, 3.8) is 0 Å². The van der Waals surface area contributed by atoms with Crippen molar-refractivity contribution in [2.45, 2.75) is 6.61 Å². The summed E-state index contributed by atoms with van der Waals surface area (Å²) in [5.74, 6) is -0.872. The van der Waals surface area contributed by atoms with E-state index in [1.807, 2.05) is 36.4 Å². The fourth-order valence-electron chi connectivity index (χ4n) is 3.88. The van der Waals surface area contributed by atoms with E-state index in [9.17, 15) is 19.8 Å². The van der Waals surface area contributed by atoms with E-state index in [2.05, 4.69) is 0 Å². The molecule has 1 heterocycles. The van der Waals surface area contributed by atoms with Crippen LogP contribution in [0.5, 0.6) is 17.2 Å². The Hall–Kier alpha value is -4.84. The van der Waals surface area contributed by atoms with Gasteiger partial charge in [0.05, 0.1) is 0 Å². The number of ketones is 1. The number of hydrogen-bond donors (Lipinski definition) is 2. The summed E-state index contributed by atoms with van der Waals surface area (Å²) in [6.07, 6.45) is 0. The van der Waals surface area contributed by atoms with Crippen LogP contribution < -0.4 is 10.2 Å². The third kappa shape index (κ3) is 4.37. The Bertz CT molecular complexity index is 1590. The third-order valence-corrected chi connectivity index (χ3v) is 5.57. The van der Waals surface area contributed by atoms with Crippen LogP contribution in [-0.2, 0) is 6.61 Å². The first-order valence-electron chi connectivity index (χ1n) is 10.9. The highest BCUT2D eigenvalue weighted by Gasteiger charge is 2.22. The van der Waals surface area contributed by atoms with E-state index in [-0.39, 0.29) is 40.6 Å². The maximum Gasteiger partial charge on any atom is 0.239 e. The highest BCUT2D eigenvalue weighted by atomic mass is 16.5. The normalized spacial score (nSPS) is 10.9. The molecule has 2 N–H and O–H groups in total. The Kier molecular flexibility index (Phi) is 5.77. The number of benzene rings is 4. The summed E-state index contributed by atoms with van der Waals surface area (Å²) in [7, 11) is 0. The summed E-state index contributed by atoms with van der Waals surface area (Å²) < 4.78 is 11.9. The van der Waals surface area contributed by atoms with Crippen LogP contribution in [0, 0.1) is 0 Å². The number of carbonyl (C=O) groups is 1. The number of ether oxygens (including phenoxy) is 1. The van der Waals surface area contributed by atoms with Crippen molar-refractivity contribution < 1.29 is 24.2 Å². The van der Waals surface area contributed by atoms with Crippen molar-refractivity contribution in [1.29, 1.82) is 0 Å². The summed E-state index contributed by atoms with van der Waals surface area (Å²) in [5, 5.41) is 20.2. The van der Waals surface area contributed by atoms with E-state index in [0.717, 1.165) is 11.6 Å². The molecule has 0 bridgehead atoms. The van der Waals surface area contributed by atoms with E-state index in [1.165, 1.54) is 6.07 Å². The molecular formula is C29H20O6. The number of fused-ring (bicyclic) bond motifs is 1. The van der Waals surface area contributed by atoms with Gasteiger partial charge >= 0.3 is 0 Å². The molecule has 172 valence electrons. The molecule has 0 aliphatic carbocycles. The second kappa shape index (κ2) is 9.19. The van der Waals surface area contributed by atoms with E-state index in [4.69, 9.17) is 9.15 Å². The van der Waals surface area contributed by atoms with Gasteiger partial charge in [-0.3, -0.25) is 9.59 Å². The van der Waals surface area contributed by atoms with E-state index < -0.39 is 11.2 Å². The first-order valence-corrected chi connectivity index (χ1v) is 10.9. The van der Waals surface area contributed by atoms with Crippen LogP contribution in [0.2, 0.25) is 0 Å². The van der Waals surface area contributed by atoms with Gasteiger partial charge in [-0.15, -0.1) is 0 Å². The monoisotopic (exact) mass is 464 g/mol. The molecular weight excluding hydrogens is 444 g/mol. The Morgan fingerprint density at radius 1 is 0.800 bits per heavy atom. The van der Waals surface area contributed by atoms with Crippen molar-refractivity contribution in [3.8, 4) is 28.6 Å². The lowest BCUT2D eigenvalue weighted by Gasteiger charge is -2.13. The van der Waals surface area contributed by atoms with E-state index in [1.54, 1.807) is 48.5 Å². The molecule has 0 amide bonds. The van der Waals surface area contributed by atoms with Crippen molar-refractivity contribution >= 4 is 16.8 Å². The second-order valence-corrected chi connectivity index (χ2v) is 7.98. The number of carbonyl (C=O) groups excluding carboxylic acids is 1. The van der Waals surface area contributed by atoms with Gasteiger partial charge in [-0.25, -0.2) is 0 Å². The highest BCUT2D eigenvalue weighted by molar-refractivity contribution is 6.09. The van der Waals surface area contributed by atoms with Gasteiger partial charge in [0.1, 0.15) is 29.1 Å². The van der Waals surface area contributed by atoms with Gasteiger partial charge in [-0.1, -0.05) is 78.9 Å². The van der Waals surface area contributed by atoms with Crippen LogP contribution in [0.25, 0.3) is 22.3 Å². The summed E-state index contributed by atoms with van der Waals surface area (Å²) in [6, 6.07) is 27.2. The smallest absolute Gasteiger partial charge is 0.239 e. The maximum atomic E-state index is 13.4. The molecule has 0 radical (unpaired) electrons. The standard InChI is InChI=1S/C29H20O6/c30-22-15-23(31)25-24(16-22)35-28(29(27(25)33)34-17-18-8-3-1-4-9-18)21-13-7-12-20(14-21)26(32)19-10-5-2-6-11-19/h1-16,30-31H,17H2. The molecule has 0 saturated carbocycles. The fraction of sp³-hybridized carbons (Fsp3) is 0.0345. The molecule has 0 saturated heterocycles. The number of hydrogen-bond acceptors (Lipinski definition) is 6. The number of aromatic hydroxyl groups is 2. The number of phenolic OH excluding ortho intramolecular Hbond substituents is 2. The lowest BCUT2D eigenvalue weighted by Crippen LogP contribution is -2.11. The first-order chi connectivity index (χ1) is 17.0. The van der Waals surface area contributed by atoms with Crippen LogP contribution in [0.15, 0.2) is 106 Å². The molecule has 0 fully saturated rings. The largest absolute Gasteiger partial charge is 0.508 e. The summed E-state index contributed by atoms with van der Waals surface area (Å²) >= 11 is 0.